The molecule has 0 aromatic heterocycles. The van der Waals surface area contributed by atoms with E-state index in [1.54, 1.807) is 12.1 Å². The van der Waals surface area contributed by atoms with Crippen molar-refractivity contribution in [2.24, 2.45) is 0 Å². The Bertz CT molecular complexity index is 952. The van der Waals surface area contributed by atoms with E-state index in [-0.39, 0.29) is 19.0 Å². The molecule has 1 atom stereocenters. The number of carbonyl (C=O) groups excluding carboxylic acids is 2. The molecule has 0 bridgehead atoms. The predicted octanol–water partition coefficient (Wildman–Crippen LogP) is 6.20. The first-order chi connectivity index (χ1) is 16.0. The summed E-state index contributed by atoms with van der Waals surface area (Å²) >= 11 is 18.7. The SMILES string of the molecule is CC(=O)OC[C@H](COc1c(Cl)cc(C(C)(C)c2ccc(OCCCCl)cc2)cc1Cl)OC(C)=O. The third kappa shape index (κ3) is 8.26. The molecule has 0 N–H and O–H groups in total. The van der Waals surface area contributed by atoms with Gasteiger partial charge in [0.1, 0.15) is 19.0 Å². The molecule has 0 aliphatic carbocycles. The van der Waals surface area contributed by atoms with E-state index in [0.29, 0.717) is 22.5 Å². The Morgan fingerprint density at radius 1 is 0.912 bits per heavy atom. The molecule has 0 saturated carbocycles. The molecule has 0 aliphatic rings. The molecule has 0 unspecified atom stereocenters. The Hall–Kier alpha value is -2.15. The number of halogens is 3. The summed E-state index contributed by atoms with van der Waals surface area (Å²) in [7, 11) is 0. The van der Waals surface area contributed by atoms with Crippen molar-refractivity contribution in [1.29, 1.82) is 0 Å². The van der Waals surface area contributed by atoms with Crippen LogP contribution < -0.4 is 9.47 Å². The summed E-state index contributed by atoms with van der Waals surface area (Å²) in [5, 5.41) is 0.622. The number of hydrogen-bond donors (Lipinski definition) is 0. The lowest BCUT2D eigenvalue weighted by molar-refractivity contribution is -0.158. The Morgan fingerprint density at radius 2 is 1.53 bits per heavy atom. The molecule has 0 aliphatic heterocycles. The van der Waals surface area contributed by atoms with Crippen molar-refractivity contribution in [2.75, 3.05) is 25.7 Å². The van der Waals surface area contributed by atoms with E-state index in [9.17, 15) is 9.59 Å². The van der Waals surface area contributed by atoms with Crippen LogP contribution in [0.1, 0.15) is 45.2 Å². The maximum Gasteiger partial charge on any atom is 0.303 e. The standard InChI is InChI=1S/C25H29Cl3O6/c1-16(29)32-14-21(34-17(2)30)15-33-24-22(27)12-19(13-23(24)28)25(3,4)18-6-8-20(9-7-18)31-11-5-10-26/h6-9,12-13,21H,5,10-11,14-15H2,1-4H3/t21-/m1/s1. The summed E-state index contributed by atoms with van der Waals surface area (Å²) in [4.78, 5) is 22.4. The molecular formula is C25H29Cl3O6. The number of benzene rings is 2. The van der Waals surface area contributed by atoms with Gasteiger partial charge in [-0.1, -0.05) is 49.2 Å². The first-order valence-electron chi connectivity index (χ1n) is 10.8. The molecule has 34 heavy (non-hydrogen) atoms. The van der Waals surface area contributed by atoms with Crippen molar-refractivity contribution in [3.8, 4) is 11.5 Å². The number of alkyl halides is 1. The lowest BCUT2D eigenvalue weighted by Gasteiger charge is -2.27. The van der Waals surface area contributed by atoms with Gasteiger partial charge in [-0.3, -0.25) is 9.59 Å². The van der Waals surface area contributed by atoms with Gasteiger partial charge in [-0.15, -0.1) is 11.6 Å². The fraction of sp³-hybridized carbons (Fsp3) is 0.440. The highest BCUT2D eigenvalue weighted by atomic mass is 35.5. The fourth-order valence-corrected chi connectivity index (χ4v) is 3.88. The van der Waals surface area contributed by atoms with Crippen LogP contribution in [0.2, 0.25) is 10.0 Å². The summed E-state index contributed by atoms with van der Waals surface area (Å²) in [6.45, 7) is 7.00. The molecule has 0 spiro atoms. The Kier molecular flexibility index (Phi) is 10.8. The normalized spacial score (nSPS) is 12.1. The molecule has 9 heteroatoms. The van der Waals surface area contributed by atoms with Gasteiger partial charge in [-0.25, -0.2) is 0 Å². The van der Waals surface area contributed by atoms with Crippen molar-refractivity contribution in [3.05, 3.63) is 57.6 Å². The van der Waals surface area contributed by atoms with Crippen molar-refractivity contribution in [1.82, 2.24) is 0 Å². The summed E-state index contributed by atoms with van der Waals surface area (Å²) in [5.41, 5.74) is 1.53. The van der Waals surface area contributed by atoms with Gasteiger partial charge in [0.15, 0.2) is 11.9 Å². The molecule has 2 aromatic rings. The maximum atomic E-state index is 11.3. The van der Waals surface area contributed by atoms with Crippen LogP contribution in [0.5, 0.6) is 11.5 Å². The number of carbonyl (C=O) groups is 2. The van der Waals surface area contributed by atoms with E-state index >= 15 is 0 Å². The summed E-state index contributed by atoms with van der Waals surface area (Å²) in [6, 6.07) is 11.4. The van der Waals surface area contributed by atoms with Gasteiger partial charge in [-0.2, -0.15) is 0 Å². The monoisotopic (exact) mass is 530 g/mol. The van der Waals surface area contributed by atoms with Crippen LogP contribution >= 0.6 is 34.8 Å². The second-order valence-electron chi connectivity index (χ2n) is 8.15. The molecule has 0 radical (unpaired) electrons. The quantitative estimate of drug-likeness (QED) is 0.184. The van der Waals surface area contributed by atoms with Crippen molar-refractivity contribution in [2.45, 2.75) is 45.6 Å². The Labute approximate surface area is 215 Å². The molecule has 2 rings (SSSR count). The minimum atomic E-state index is -0.796. The lowest BCUT2D eigenvalue weighted by atomic mass is 9.78. The lowest BCUT2D eigenvalue weighted by Crippen LogP contribution is -2.30. The predicted molar refractivity (Wildman–Crippen MR) is 134 cm³/mol. The summed E-state index contributed by atoms with van der Waals surface area (Å²) in [6.07, 6.45) is -0.0131. The number of rotatable bonds is 12. The topological polar surface area (TPSA) is 71.1 Å². The summed E-state index contributed by atoms with van der Waals surface area (Å²) in [5.74, 6) is 0.579. The number of esters is 2. The maximum absolute atomic E-state index is 11.3. The smallest absolute Gasteiger partial charge is 0.303 e. The Balaban J connectivity index is 2.16. The van der Waals surface area contributed by atoms with Crippen molar-refractivity contribution >= 4 is 46.7 Å². The molecule has 2 aromatic carbocycles. The van der Waals surface area contributed by atoms with E-state index in [1.807, 2.05) is 24.3 Å². The van der Waals surface area contributed by atoms with Gasteiger partial charge in [-0.05, 0) is 41.8 Å². The minimum absolute atomic E-state index is 0.0831. The van der Waals surface area contributed by atoms with Crippen LogP contribution in [-0.4, -0.2) is 43.7 Å². The van der Waals surface area contributed by atoms with E-state index in [0.717, 1.165) is 23.3 Å². The third-order valence-corrected chi connectivity index (χ3v) is 5.89. The molecule has 186 valence electrons. The van der Waals surface area contributed by atoms with Crippen molar-refractivity contribution in [3.63, 3.8) is 0 Å². The average molecular weight is 532 g/mol. The van der Waals surface area contributed by atoms with Crippen LogP contribution in [0.4, 0.5) is 0 Å². The fourth-order valence-electron chi connectivity index (χ4n) is 3.18. The zero-order chi connectivity index (χ0) is 25.3. The minimum Gasteiger partial charge on any atom is -0.494 e. The molecule has 0 amide bonds. The number of ether oxygens (including phenoxy) is 4. The molecule has 0 fully saturated rings. The molecule has 0 heterocycles. The van der Waals surface area contributed by atoms with Gasteiger partial charge in [0.05, 0.1) is 16.7 Å². The average Bonchev–Trinajstić information content (AvgIpc) is 2.76. The van der Waals surface area contributed by atoms with E-state index < -0.39 is 23.5 Å². The van der Waals surface area contributed by atoms with Gasteiger partial charge in [0.2, 0.25) is 0 Å². The largest absolute Gasteiger partial charge is 0.494 e. The van der Waals surface area contributed by atoms with Gasteiger partial charge >= 0.3 is 11.9 Å². The van der Waals surface area contributed by atoms with Gasteiger partial charge in [0.25, 0.3) is 0 Å². The second-order valence-corrected chi connectivity index (χ2v) is 9.35. The highest BCUT2D eigenvalue weighted by molar-refractivity contribution is 6.37. The van der Waals surface area contributed by atoms with Crippen LogP contribution in [0.3, 0.4) is 0 Å². The Morgan fingerprint density at radius 3 is 2.06 bits per heavy atom. The van der Waals surface area contributed by atoms with E-state index in [2.05, 4.69) is 13.8 Å². The first kappa shape index (κ1) is 28.1. The zero-order valence-electron chi connectivity index (χ0n) is 19.7. The van der Waals surface area contributed by atoms with Gasteiger partial charge < -0.3 is 18.9 Å². The zero-order valence-corrected chi connectivity index (χ0v) is 21.9. The van der Waals surface area contributed by atoms with Crippen LogP contribution in [0, 0.1) is 0 Å². The second kappa shape index (κ2) is 13.1. The van der Waals surface area contributed by atoms with Gasteiger partial charge in [0, 0.05) is 25.1 Å². The van der Waals surface area contributed by atoms with Crippen LogP contribution in [-0.2, 0) is 24.5 Å². The summed E-state index contributed by atoms with van der Waals surface area (Å²) < 4.78 is 21.5. The first-order valence-corrected chi connectivity index (χ1v) is 12.1. The molecule has 0 saturated heterocycles. The molecule has 6 nitrogen and oxygen atoms in total. The van der Waals surface area contributed by atoms with E-state index in [4.69, 9.17) is 53.8 Å². The van der Waals surface area contributed by atoms with E-state index in [1.165, 1.54) is 13.8 Å². The number of hydrogen-bond acceptors (Lipinski definition) is 6. The van der Waals surface area contributed by atoms with Crippen LogP contribution in [0.25, 0.3) is 0 Å². The highest BCUT2D eigenvalue weighted by Crippen LogP contribution is 2.40. The van der Waals surface area contributed by atoms with Crippen LogP contribution in [0.15, 0.2) is 36.4 Å². The third-order valence-electron chi connectivity index (χ3n) is 5.06. The van der Waals surface area contributed by atoms with Crippen molar-refractivity contribution < 1.29 is 28.5 Å². The molecular weight excluding hydrogens is 503 g/mol. The highest BCUT2D eigenvalue weighted by Gasteiger charge is 2.26.